The SMILES string of the molecule is O=C(NC(c1ccccc1)c1cccc(C(=O)O)c1CCCCCCCCNC[C@H](O)c1ccc(O)c2[nH]c(=O)ccc12)O[C@H]1CN2CCC1CC2. The summed E-state index contributed by atoms with van der Waals surface area (Å²) in [5.41, 5.74) is 3.28. The number of carbonyl (C=O) groups is 2. The summed E-state index contributed by atoms with van der Waals surface area (Å²) in [4.78, 5) is 42.4. The molecular formula is C41H50N4O7. The largest absolute Gasteiger partial charge is 0.506 e. The van der Waals surface area contributed by atoms with E-state index in [1.807, 2.05) is 36.4 Å². The summed E-state index contributed by atoms with van der Waals surface area (Å²) in [6.07, 6.45) is 7.03. The Labute approximate surface area is 304 Å². The molecule has 0 spiro atoms. The second-order valence-corrected chi connectivity index (χ2v) is 14.1. The Morgan fingerprint density at radius 1 is 0.885 bits per heavy atom. The first-order valence-corrected chi connectivity index (χ1v) is 18.6. The molecule has 3 aromatic carbocycles. The number of aromatic hydroxyl groups is 1. The summed E-state index contributed by atoms with van der Waals surface area (Å²) < 4.78 is 5.99. The molecule has 4 aromatic rings. The number of piperidine rings is 3. The number of hydrogen-bond donors (Lipinski definition) is 6. The number of aromatic carboxylic acids is 1. The fraction of sp³-hybridized carbons (Fsp3) is 0.439. The van der Waals surface area contributed by atoms with E-state index in [4.69, 9.17) is 4.74 Å². The van der Waals surface area contributed by atoms with Crippen molar-refractivity contribution in [3.8, 4) is 5.75 Å². The smallest absolute Gasteiger partial charge is 0.408 e. The van der Waals surface area contributed by atoms with Gasteiger partial charge in [0.1, 0.15) is 11.9 Å². The molecule has 3 aliphatic rings. The molecule has 0 aliphatic carbocycles. The number of phenolic OH excluding ortho intramolecular Hbond substituents is 1. The molecule has 276 valence electrons. The lowest BCUT2D eigenvalue weighted by Crippen LogP contribution is -2.52. The number of hydrogen-bond acceptors (Lipinski definition) is 8. The number of benzene rings is 3. The molecule has 6 N–H and O–H groups in total. The number of pyridine rings is 1. The average Bonchev–Trinajstić information content (AvgIpc) is 3.15. The molecule has 3 fully saturated rings. The summed E-state index contributed by atoms with van der Waals surface area (Å²) in [5, 5.41) is 38.1. The molecule has 11 nitrogen and oxygen atoms in total. The first-order chi connectivity index (χ1) is 25.3. The number of phenols is 1. The summed E-state index contributed by atoms with van der Waals surface area (Å²) in [6.45, 7) is 3.96. The van der Waals surface area contributed by atoms with Gasteiger partial charge in [-0.15, -0.1) is 0 Å². The number of carbonyl (C=O) groups excluding carboxylic acids is 1. The second kappa shape index (κ2) is 17.7. The third kappa shape index (κ3) is 9.20. The van der Waals surface area contributed by atoms with E-state index in [2.05, 4.69) is 20.5 Å². The molecule has 0 saturated carbocycles. The standard InChI is InChI=1S/C41H50N4O7/c46-34-18-16-30(32-17-19-37(48)43-39(32)34)35(47)25-42-22-9-4-2-1-3-8-13-29-31(14-10-15-33(29)40(49)50)38(28-11-6-5-7-12-28)44-41(51)52-36-26-45-23-20-27(36)21-24-45/h5-7,10-12,14-19,27,35-36,38,42,46-47H,1-4,8-9,13,20-26H2,(H,43,48)(H,44,51)(H,49,50)/t35-,36-,38?/m0/s1. The van der Waals surface area contributed by atoms with Crippen molar-refractivity contribution < 1.29 is 29.6 Å². The molecule has 3 aliphatic heterocycles. The molecule has 7 rings (SSSR count). The number of rotatable bonds is 17. The van der Waals surface area contributed by atoms with E-state index in [0.29, 0.717) is 35.3 Å². The molecule has 1 amide bonds. The van der Waals surface area contributed by atoms with Crippen molar-refractivity contribution >= 4 is 23.0 Å². The molecule has 52 heavy (non-hydrogen) atoms. The van der Waals surface area contributed by atoms with E-state index in [1.165, 1.54) is 12.1 Å². The van der Waals surface area contributed by atoms with Crippen LogP contribution in [0.2, 0.25) is 0 Å². The van der Waals surface area contributed by atoms with Crippen LogP contribution in [0, 0.1) is 5.92 Å². The van der Waals surface area contributed by atoms with Gasteiger partial charge in [0.05, 0.1) is 23.2 Å². The number of aromatic nitrogens is 1. The minimum absolute atomic E-state index is 0.0341. The average molecular weight is 711 g/mol. The van der Waals surface area contributed by atoms with E-state index in [1.54, 1.807) is 24.3 Å². The van der Waals surface area contributed by atoms with Crippen molar-refractivity contribution in [1.82, 2.24) is 20.5 Å². The van der Waals surface area contributed by atoms with Crippen molar-refractivity contribution in [1.29, 1.82) is 0 Å². The number of unbranched alkanes of at least 4 members (excludes halogenated alkanes) is 5. The highest BCUT2D eigenvalue weighted by Crippen LogP contribution is 2.32. The van der Waals surface area contributed by atoms with Crippen molar-refractivity contribution in [2.45, 2.75) is 76.0 Å². The molecule has 11 heteroatoms. The van der Waals surface area contributed by atoms with Crippen molar-refractivity contribution in [2.24, 2.45) is 5.92 Å². The van der Waals surface area contributed by atoms with Crippen LogP contribution in [0.5, 0.6) is 5.75 Å². The first kappa shape index (κ1) is 37.1. The molecule has 3 saturated heterocycles. The maximum Gasteiger partial charge on any atom is 0.408 e. The number of carboxylic acid groups (broad SMARTS) is 1. The Morgan fingerprint density at radius 3 is 2.37 bits per heavy atom. The van der Waals surface area contributed by atoms with Gasteiger partial charge in [0, 0.05) is 24.5 Å². The van der Waals surface area contributed by atoms with Gasteiger partial charge in [-0.25, -0.2) is 9.59 Å². The van der Waals surface area contributed by atoms with Gasteiger partial charge in [0.2, 0.25) is 5.56 Å². The monoisotopic (exact) mass is 710 g/mol. The number of nitrogens with zero attached hydrogens (tertiary/aromatic N) is 1. The first-order valence-electron chi connectivity index (χ1n) is 18.6. The Balaban J connectivity index is 0.987. The Kier molecular flexibility index (Phi) is 12.6. The molecule has 1 aromatic heterocycles. The lowest BCUT2D eigenvalue weighted by atomic mass is 9.86. The summed E-state index contributed by atoms with van der Waals surface area (Å²) in [7, 11) is 0. The number of fused-ring (bicyclic) bond motifs is 4. The van der Waals surface area contributed by atoms with Gasteiger partial charge in [-0.1, -0.05) is 74.2 Å². The van der Waals surface area contributed by atoms with Crippen LogP contribution in [0.1, 0.15) is 96.1 Å². The number of amides is 1. The van der Waals surface area contributed by atoms with Crippen molar-refractivity contribution in [3.05, 3.63) is 111 Å². The number of aliphatic hydroxyl groups is 1. The molecule has 4 heterocycles. The van der Waals surface area contributed by atoms with Crippen LogP contribution in [-0.4, -0.2) is 76.1 Å². The molecule has 2 bridgehead atoms. The van der Waals surface area contributed by atoms with Crippen LogP contribution in [-0.2, 0) is 11.2 Å². The normalized spacial score (nSPS) is 19.3. The third-order valence-corrected chi connectivity index (χ3v) is 10.6. The van der Waals surface area contributed by atoms with Crippen LogP contribution in [0.4, 0.5) is 4.79 Å². The second-order valence-electron chi connectivity index (χ2n) is 14.1. The number of aromatic amines is 1. The van der Waals surface area contributed by atoms with Crippen molar-refractivity contribution in [3.63, 3.8) is 0 Å². The van der Waals surface area contributed by atoms with Gasteiger partial charge >= 0.3 is 12.1 Å². The summed E-state index contributed by atoms with van der Waals surface area (Å²) >= 11 is 0. The zero-order chi connectivity index (χ0) is 36.5. The van der Waals surface area contributed by atoms with Crippen LogP contribution < -0.4 is 16.2 Å². The van der Waals surface area contributed by atoms with Gasteiger partial charge in [0.25, 0.3) is 0 Å². The van der Waals surface area contributed by atoms with E-state index in [9.17, 15) is 29.7 Å². The number of aliphatic hydroxyl groups excluding tert-OH is 1. The summed E-state index contributed by atoms with van der Waals surface area (Å²) in [5.74, 6) is -0.633. The lowest BCUT2D eigenvalue weighted by Gasteiger charge is -2.44. The van der Waals surface area contributed by atoms with Gasteiger partial charge in [-0.2, -0.15) is 0 Å². The topological polar surface area (TPSA) is 164 Å². The zero-order valence-corrected chi connectivity index (χ0v) is 29.6. The van der Waals surface area contributed by atoms with Crippen LogP contribution >= 0.6 is 0 Å². The van der Waals surface area contributed by atoms with Crippen molar-refractivity contribution in [2.75, 3.05) is 32.7 Å². The minimum atomic E-state index is -0.982. The van der Waals surface area contributed by atoms with Crippen LogP contribution in [0.25, 0.3) is 10.9 Å². The Morgan fingerprint density at radius 2 is 1.63 bits per heavy atom. The Hall–Kier alpha value is -4.71. The fourth-order valence-corrected chi connectivity index (χ4v) is 7.83. The van der Waals surface area contributed by atoms with Gasteiger partial charge in [-0.05, 0) is 98.1 Å². The molecular weight excluding hydrogens is 660 g/mol. The molecule has 1 unspecified atom stereocenters. The van der Waals surface area contributed by atoms with Crippen LogP contribution in [0.3, 0.4) is 0 Å². The zero-order valence-electron chi connectivity index (χ0n) is 29.6. The van der Waals surface area contributed by atoms with E-state index in [-0.39, 0.29) is 23.0 Å². The number of carboxylic acids is 1. The van der Waals surface area contributed by atoms with E-state index < -0.39 is 24.2 Å². The summed E-state index contributed by atoms with van der Waals surface area (Å²) in [6, 6.07) is 20.6. The number of nitrogens with one attached hydrogen (secondary N) is 3. The van der Waals surface area contributed by atoms with Crippen LogP contribution in [0.15, 0.2) is 77.6 Å². The third-order valence-electron chi connectivity index (χ3n) is 10.6. The molecule has 3 atom stereocenters. The van der Waals surface area contributed by atoms with Gasteiger partial charge in [0.15, 0.2) is 0 Å². The number of H-pyrrole nitrogens is 1. The maximum atomic E-state index is 13.4. The van der Waals surface area contributed by atoms with Gasteiger partial charge in [-0.3, -0.25) is 9.69 Å². The number of alkyl carbamates (subject to hydrolysis) is 1. The quantitative estimate of drug-likeness (QED) is 0.0717. The van der Waals surface area contributed by atoms with E-state index >= 15 is 0 Å². The van der Waals surface area contributed by atoms with Gasteiger partial charge < -0.3 is 35.7 Å². The Bertz CT molecular complexity index is 1870. The highest BCUT2D eigenvalue weighted by atomic mass is 16.6. The lowest BCUT2D eigenvalue weighted by molar-refractivity contribution is -0.0336. The highest BCUT2D eigenvalue weighted by molar-refractivity contribution is 5.90. The predicted molar refractivity (Wildman–Crippen MR) is 200 cm³/mol. The fourth-order valence-electron chi connectivity index (χ4n) is 7.83. The predicted octanol–water partition coefficient (Wildman–Crippen LogP) is 6.05. The maximum absolute atomic E-state index is 13.4. The number of ether oxygens (including phenoxy) is 1. The molecule has 0 radical (unpaired) electrons. The minimum Gasteiger partial charge on any atom is -0.506 e. The highest BCUT2D eigenvalue weighted by Gasteiger charge is 2.37. The van der Waals surface area contributed by atoms with E-state index in [0.717, 1.165) is 94.2 Å².